The molecule has 1 aliphatic rings. The predicted molar refractivity (Wildman–Crippen MR) is 59.4 cm³/mol. The number of amides is 1. The zero-order chi connectivity index (χ0) is 13.8. The lowest BCUT2D eigenvalue weighted by molar-refractivity contribution is -0.126. The molecular weight excluding hydrogens is 263 g/mol. The van der Waals surface area contributed by atoms with E-state index in [0.29, 0.717) is 25.1 Å². The van der Waals surface area contributed by atoms with Gasteiger partial charge in [-0.15, -0.1) is 0 Å². The largest absolute Gasteiger partial charge is 0.432 e. The fourth-order valence-corrected chi connectivity index (χ4v) is 1.95. The molecule has 1 aromatic rings. The minimum atomic E-state index is -3.08. The molecule has 0 saturated carbocycles. The highest BCUT2D eigenvalue weighted by Crippen LogP contribution is 2.27. The monoisotopic (exact) mass is 275 g/mol. The van der Waals surface area contributed by atoms with Crippen molar-refractivity contribution in [2.45, 2.75) is 12.7 Å². The second kappa shape index (κ2) is 5.92. The summed E-state index contributed by atoms with van der Waals surface area (Å²) in [6.07, 6.45) is 0.661. The van der Waals surface area contributed by atoms with E-state index in [2.05, 4.69) is 4.74 Å². The lowest BCUT2D eigenvalue weighted by Gasteiger charge is -2.33. The standard InChI is InChI=1S/C12H12F3NO3/c13-9-5-8(1-2-11(9)19-12(14)15)10-6-18-4-3-16(10)7-17/h1-2,5,7,10,12H,3-4,6H2/t10-/m1/s1. The number of carbonyl (C=O) groups excluding carboxylic acids is 1. The van der Waals surface area contributed by atoms with Gasteiger partial charge in [-0.25, -0.2) is 4.39 Å². The van der Waals surface area contributed by atoms with Gasteiger partial charge in [-0.05, 0) is 17.7 Å². The maximum Gasteiger partial charge on any atom is 0.387 e. The topological polar surface area (TPSA) is 38.8 Å². The molecule has 1 saturated heterocycles. The van der Waals surface area contributed by atoms with Crippen LogP contribution in [-0.4, -0.2) is 37.7 Å². The Morgan fingerprint density at radius 1 is 1.47 bits per heavy atom. The summed E-state index contributed by atoms with van der Waals surface area (Å²) in [6, 6.07) is 3.22. The van der Waals surface area contributed by atoms with Gasteiger partial charge in [-0.1, -0.05) is 6.07 Å². The average molecular weight is 275 g/mol. The highest BCUT2D eigenvalue weighted by Gasteiger charge is 2.24. The number of alkyl halides is 2. The van der Waals surface area contributed by atoms with Gasteiger partial charge in [-0.2, -0.15) is 8.78 Å². The summed E-state index contributed by atoms with van der Waals surface area (Å²) in [6.45, 7) is -2.01. The van der Waals surface area contributed by atoms with E-state index in [9.17, 15) is 18.0 Å². The molecule has 0 aliphatic carbocycles. The molecule has 19 heavy (non-hydrogen) atoms. The van der Waals surface area contributed by atoms with Crippen LogP contribution in [0.15, 0.2) is 18.2 Å². The van der Waals surface area contributed by atoms with E-state index in [0.717, 1.165) is 12.1 Å². The van der Waals surface area contributed by atoms with E-state index in [4.69, 9.17) is 4.74 Å². The molecule has 1 heterocycles. The van der Waals surface area contributed by atoms with E-state index in [1.165, 1.54) is 11.0 Å². The van der Waals surface area contributed by atoms with Crippen LogP contribution in [-0.2, 0) is 9.53 Å². The number of hydrogen-bond acceptors (Lipinski definition) is 3. The van der Waals surface area contributed by atoms with Crippen LogP contribution in [0.2, 0.25) is 0 Å². The van der Waals surface area contributed by atoms with Crippen molar-refractivity contribution >= 4 is 6.41 Å². The zero-order valence-corrected chi connectivity index (χ0v) is 9.89. The lowest BCUT2D eigenvalue weighted by atomic mass is 10.1. The van der Waals surface area contributed by atoms with E-state index in [1.54, 1.807) is 0 Å². The molecular formula is C12H12F3NO3. The van der Waals surface area contributed by atoms with Crippen molar-refractivity contribution < 1.29 is 27.4 Å². The molecule has 2 rings (SSSR count). The van der Waals surface area contributed by atoms with Gasteiger partial charge >= 0.3 is 6.61 Å². The Morgan fingerprint density at radius 3 is 2.89 bits per heavy atom. The molecule has 0 radical (unpaired) electrons. The SMILES string of the molecule is O=CN1CCOC[C@@H]1c1ccc(OC(F)F)c(F)c1. The minimum absolute atomic E-state index is 0.243. The molecule has 104 valence electrons. The molecule has 1 fully saturated rings. The Balaban J connectivity index is 2.20. The Kier molecular flexibility index (Phi) is 4.26. The number of morpholine rings is 1. The van der Waals surface area contributed by atoms with Crippen molar-refractivity contribution in [2.24, 2.45) is 0 Å². The van der Waals surface area contributed by atoms with Gasteiger partial charge in [0.05, 0.1) is 19.3 Å². The molecule has 0 N–H and O–H groups in total. The Labute approximate surface area is 107 Å². The van der Waals surface area contributed by atoms with Crippen LogP contribution in [0.4, 0.5) is 13.2 Å². The summed E-state index contributed by atoms with van der Waals surface area (Å²) >= 11 is 0. The number of benzene rings is 1. The maximum absolute atomic E-state index is 13.6. The smallest absolute Gasteiger partial charge is 0.387 e. The second-order valence-corrected chi connectivity index (χ2v) is 4.00. The third-order valence-electron chi connectivity index (χ3n) is 2.86. The molecule has 1 amide bonds. The van der Waals surface area contributed by atoms with Crippen molar-refractivity contribution in [1.29, 1.82) is 0 Å². The Bertz CT molecular complexity index is 456. The third kappa shape index (κ3) is 3.17. The first-order chi connectivity index (χ1) is 9.11. The van der Waals surface area contributed by atoms with Crippen LogP contribution in [0, 0.1) is 5.82 Å². The van der Waals surface area contributed by atoms with Crippen molar-refractivity contribution in [3.8, 4) is 5.75 Å². The summed E-state index contributed by atoms with van der Waals surface area (Å²) in [5.41, 5.74) is 0.478. The van der Waals surface area contributed by atoms with Gasteiger partial charge in [0.25, 0.3) is 0 Å². The highest BCUT2D eigenvalue weighted by molar-refractivity contribution is 5.49. The molecule has 0 unspecified atom stereocenters. The predicted octanol–water partition coefficient (Wildman–Crippen LogP) is 1.96. The average Bonchev–Trinajstić information content (AvgIpc) is 2.40. The summed E-state index contributed by atoms with van der Waals surface area (Å²) < 4.78 is 46.9. The first kappa shape index (κ1) is 13.7. The summed E-state index contributed by atoms with van der Waals surface area (Å²) in [7, 11) is 0. The van der Waals surface area contributed by atoms with Crippen LogP contribution in [0.25, 0.3) is 0 Å². The first-order valence-electron chi connectivity index (χ1n) is 5.65. The molecule has 0 spiro atoms. The van der Waals surface area contributed by atoms with Crippen LogP contribution >= 0.6 is 0 Å². The van der Waals surface area contributed by atoms with Crippen LogP contribution in [0.3, 0.4) is 0 Å². The fourth-order valence-electron chi connectivity index (χ4n) is 1.95. The normalized spacial score (nSPS) is 19.6. The number of halogens is 3. The number of carbonyl (C=O) groups is 1. The Morgan fingerprint density at radius 2 is 2.26 bits per heavy atom. The summed E-state index contributed by atoms with van der Waals surface area (Å²) in [5, 5.41) is 0. The molecule has 1 aliphatic heterocycles. The van der Waals surface area contributed by atoms with Crippen LogP contribution in [0.5, 0.6) is 5.75 Å². The van der Waals surface area contributed by atoms with Gasteiger partial charge in [0.15, 0.2) is 11.6 Å². The molecule has 4 nitrogen and oxygen atoms in total. The van der Waals surface area contributed by atoms with Gasteiger partial charge in [0, 0.05) is 6.54 Å². The molecule has 1 aromatic carbocycles. The van der Waals surface area contributed by atoms with Crippen LogP contribution in [0.1, 0.15) is 11.6 Å². The first-order valence-corrected chi connectivity index (χ1v) is 5.65. The van der Waals surface area contributed by atoms with Gasteiger partial charge < -0.3 is 14.4 Å². The summed E-state index contributed by atoms with van der Waals surface area (Å²) in [4.78, 5) is 12.4. The number of rotatable bonds is 4. The van der Waals surface area contributed by atoms with Crippen molar-refractivity contribution in [1.82, 2.24) is 4.90 Å². The van der Waals surface area contributed by atoms with E-state index < -0.39 is 24.2 Å². The number of ether oxygens (including phenoxy) is 2. The van der Waals surface area contributed by atoms with Gasteiger partial charge in [-0.3, -0.25) is 4.79 Å². The van der Waals surface area contributed by atoms with E-state index in [-0.39, 0.29) is 6.61 Å². The van der Waals surface area contributed by atoms with E-state index in [1.807, 2.05) is 0 Å². The highest BCUT2D eigenvalue weighted by atomic mass is 19.3. The lowest BCUT2D eigenvalue weighted by Crippen LogP contribution is -2.38. The minimum Gasteiger partial charge on any atom is -0.432 e. The Hall–Kier alpha value is -1.76. The quantitative estimate of drug-likeness (QED) is 0.788. The molecule has 7 heteroatoms. The van der Waals surface area contributed by atoms with Crippen molar-refractivity contribution in [3.05, 3.63) is 29.6 Å². The van der Waals surface area contributed by atoms with Gasteiger partial charge in [0.1, 0.15) is 0 Å². The van der Waals surface area contributed by atoms with Crippen LogP contribution < -0.4 is 4.74 Å². The molecule has 0 bridgehead atoms. The summed E-state index contributed by atoms with van der Waals surface area (Å²) in [5.74, 6) is -1.41. The molecule has 0 aromatic heterocycles. The van der Waals surface area contributed by atoms with Crippen molar-refractivity contribution in [2.75, 3.05) is 19.8 Å². The third-order valence-corrected chi connectivity index (χ3v) is 2.86. The number of hydrogen-bond donors (Lipinski definition) is 0. The fraction of sp³-hybridized carbons (Fsp3) is 0.417. The molecule has 1 atom stereocenters. The van der Waals surface area contributed by atoms with E-state index >= 15 is 0 Å². The van der Waals surface area contributed by atoms with Crippen molar-refractivity contribution in [3.63, 3.8) is 0 Å². The van der Waals surface area contributed by atoms with Gasteiger partial charge in [0.2, 0.25) is 6.41 Å². The second-order valence-electron chi connectivity index (χ2n) is 4.00. The zero-order valence-electron chi connectivity index (χ0n) is 9.89. The number of nitrogens with zero attached hydrogens (tertiary/aromatic N) is 1. The maximum atomic E-state index is 13.6.